The van der Waals surface area contributed by atoms with Crippen molar-refractivity contribution in [2.24, 2.45) is 0 Å². The van der Waals surface area contributed by atoms with Gasteiger partial charge in [0.2, 0.25) is 10.0 Å². The summed E-state index contributed by atoms with van der Waals surface area (Å²) >= 11 is 3.33. The van der Waals surface area contributed by atoms with Crippen LogP contribution in [-0.2, 0) is 10.0 Å². The van der Waals surface area contributed by atoms with Crippen LogP contribution in [0.5, 0.6) is 0 Å². The summed E-state index contributed by atoms with van der Waals surface area (Å²) in [6, 6.07) is 10.8. The lowest BCUT2D eigenvalue weighted by molar-refractivity contribution is 0.383. The first-order valence-corrected chi connectivity index (χ1v) is 10.6. The van der Waals surface area contributed by atoms with Crippen molar-refractivity contribution in [3.8, 4) is 0 Å². The number of piperazine rings is 1. The van der Waals surface area contributed by atoms with E-state index in [2.05, 4.69) is 31.0 Å². The normalized spacial score (nSPS) is 19.2. The van der Waals surface area contributed by atoms with Crippen LogP contribution >= 0.6 is 15.9 Å². The van der Waals surface area contributed by atoms with E-state index in [-0.39, 0.29) is 0 Å². The molecule has 0 spiro atoms. The van der Waals surface area contributed by atoms with Crippen LogP contribution in [0.2, 0.25) is 0 Å². The smallest absolute Gasteiger partial charge is 0.243 e. The third-order valence-corrected chi connectivity index (χ3v) is 7.12. The standard InChI is InChI=1S/C17H19BrN4O2S/c18-14-3-5-15(6-4-14)25(23,24)22-11-9-21(10-12-22)17-8-7-16(19-20-17)13-1-2-13/h3-8,13H,1-2,9-12H2. The maximum atomic E-state index is 12.7. The molecule has 1 saturated carbocycles. The predicted molar refractivity (Wildman–Crippen MR) is 99.1 cm³/mol. The summed E-state index contributed by atoms with van der Waals surface area (Å²) in [5.41, 5.74) is 1.07. The number of hydrogen-bond donors (Lipinski definition) is 0. The summed E-state index contributed by atoms with van der Waals surface area (Å²) in [6.07, 6.45) is 2.42. The van der Waals surface area contributed by atoms with Crippen molar-refractivity contribution in [2.75, 3.05) is 31.1 Å². The molecule has 132 valence electrons. The van der Waals surface area contributed by atoms with Gasteiger partial charge in [-0.2, -0.15) is 9.40 Å². The van der Waals surface area contributed by atoms with E-state index in [1.165, 1.54) is 12.8 Å². The molecule has 4 rings (SSSR count). The molecule has 0 bridgehead atoms. The van der Waals surface area contributed by atoms with Gasteiger partial charge in [0.1, 0.15) is 0 Å². The fourth-order valence-corrected chi connectivity index (χ4v) is 4.70. The first-order valence-electron chi connectivity index (χ1n) is 8.38. The molecule has 2 aliphatic rings. The molecular formula is C17H19BrN4O2S. The Morgan fingerprint density at radius 3 is 2.16 bits per heavy atom. The first kappa shape index (κ1) is 16.9. The van der Waals surface area contributed by atoms with Crippen LogP contribution in [0.15, 0.2) is 45.8 Å². The third kappa shape index (κ3) is 3.56. The van der Waals surface area contributed by atoms with E-state index in [9.17, 15) is 8.42 Å². The van der Waals surface area contributed by atoms with Crippen LogP contribution in [0.1, 0.15) is 24.5 Å². The zero-order chi connectivity index (χ0) is 17.4. The maximum absolute atomic E-state index is 12.7. The number of aromatic nitrogens is 2. The van der Waals surface area contributed by atoms with Gasteiger partial charge in [-0.1, -0.05) is 15.9 Å². The zero-order valence-corrected chi connectivity index (χ0v) is 16.1. The van der Waals surface area contributed by atoms with E-state index in [0.29, 0.717) is 37.0 Å². The number of anilines is 1. The van der Waals surface area contributed by atoms with Crippen molar-refractivity contribution in [3.05, 3.63) is 46.6 Å². The quantitative estimate of drug-likeness (QED) is 0.757. The number of hydrogen-bond acceptors (Lipinski definition) is 5. The Morgan fingerprint density at radius 1 is 0.920 bits per heavy atom. The minimum atomic E-state index is -3.44. The summed E-state index contributed by atoms with van der Waals surface area (Å²) in [5, 5.41) is 8.63. The molecule has 1 aromatic carbocycles. The molecule has 2 heterocycles. The summed E-state index contributed by atoms with van der Waals surface area (Å²) < 4.78 is 27.9. The lowest BCUT2D eigenvalue weighted by Gasteiger charge is -2.34. The molecule has 2 fully saturated rings. The largest absolute Gasteiger partial charge is 0.352 e. The second kappa shape index (κ2) is 6.66. The molecule has 0 amide bonds. The van der Waals surface area contributed by atoms with Gasteiger partial charge in [0.25, 0.3) is 0 Å². The Bertz CT molecular complexity index is 843. The highest BCUT2D eigenvalue weighted by Crippen LogP contribution is 2.38. The van der Waals surface area contributed by atoms with Crippen molar-refractivity contribution < 1.29 is 8.42 Å². The van der Waals surface area contributed by atoms with Gasteiger partial charge >= 0.3 is 0 Å². The fourth-order valence-electron chi connectivity index (χ4n) is 3.01. The molecule has 0 N–H and O–H groups in total. The second-order valence-corrected chi connectivity index (χ2v) is 9.29. The molecule has 0 unspecified atom stereocenters. The van der Waals surface area contributed by atoms with Crippen molar-refractivity contribution in [2.45, 2.75) is 23.7 Å². The SMILES string of the molecule is O=S(=O)(c1ccc(Br)cc1)N1CCN(c2ccc(C3CC3)nn2)CC1. The van der Waals surface area contributed by atoms with Crippen molar-refractivity contribution in [3.63, 3.8) is 0 Å². The Kier molecular flexibility index (Phi) is 4.51. The number of benzene rings is 1. The molecule has 1 aromatic heterocycles. The number of nitrogens with zero attached hydrogens (tertiary/aromatic N) is 4. The van der Waals surface area contributed by atoms with E-state index in [0.717, 1.165) is 16.0 Å². The molecule has 6 nitrogen and oxygen atoms in total. The van der Waals surface area contributed by atoms with Gasteiger partial charge in [0.05, 0.1) is 10.6 Å². The van der Waals surface area contributed by atoms with Crippen molar-refractivity contribution in [1.29, 1.82) is 0 Å². The van der Waals surface area contributed by atoms with Gasteiger partial charge in [-0.05, 0) is 49.2 Å². The molecule has 25 heavy (non-hydrogen) atoms. The topological polar surface area (TPSA) is 66.4 Å². The number of sulfonamides is 1. The van der Waals surface area contributed by atoms with Crippen LogP contribution in [0.3, 0.4) is 0 Å². The van der Waals surface area contributed by atoms with Gasteiger partial charge in [0, 0.05) is 36.6 Å². The van der Waals surface area contributed by atoms with Crippen molar-refractivity contribution in [1.82, 2.24) is 14.5 Å². The van der Waals surface area contributed by atoms with Crippen LogP contribution in [0.25, 0.3) is 0 Å². The first-order chi connectivity index (χ1) is 12.0. The molecule has 1 aliphatic carbocycles. The molecule has 8 heteroatoms. The molecule has 0 atom stereocenters. The van der Waals surface area contributed by atoms with E-state index in [1.54, 1.807) is 28.6 Å². The molecule has 1 saturated heterocycles. The Hall–Kier alpha value is -1.51. The predicted octanol–water partition coefficient (Wildman–Crippen LogP) is 2.63. The third-order valence-electron chi connectivity index (χ3n) is 4.68. The highest BCUT2D eigenvalue weighted by atomic mass is 79.9. The van der Waals surface area contributed by atoms with Crippen LogP contribution in [0.4, 0.5) is 5.82 Å². The van der Waals surface area contributed by atoms with Gasteiger partial charge < -0.3 is 4.90 Å². The molecule has 0 radical (unpaired) electrons. The van der Waals surface area contributed by atoms with Gasteiger partial charge in [0.15, 0.2) is 5.82 Å². The van der Waals surface area contributed by atoms with E-state index in [4.69, 9.17) is 0 Å². The summed E-state index contributed by atoms with van der Waals surface area (Å²) in [5.74, 6) is 1.42. The molecule has 1 aliphatic heterocycles. The minimum Gasteiger partial charge on any atom is -0.352 e. The number of rotatable bonds is 4. The lowest BCUT2D eigenvalue weighted by Crippen LogP contribution is -2.49. The van der Waals surface area contributed by atoms with Gasteiger partial charge in [-0.25, -0.2) is 8.42 Å². The monoisotopic (exact) mass is 422 g/mol. The lowest BCUT2D eigenvalue weighted by atomic mass is 10.2. The Morgan fingerprint density at radius 2 is 1.60 bits per heavy atom. The fraction of sp³-hybridized carbons (Fsp3) is 0.412. The highest BCUT2D eigenvalue weighted by molar-refractivity contribution is 9.10. The summed E-state index contributed by atoms with van der Waals surface area (Å²) in [7, 11) is -3.44. The average molecular weight is 423 g/mol. The molecular weight excluding hydrogens is 404 g/mol. The van der Waals surface area contributed by atoms with Gasteiger partial charge in [-0.15, -0.1) is 5.10 Å². The summed E-state index contributed by atoms with van der Waals surface area (Å²) in [4.78, 5) is 2.43. The van der Waals surface area contributed by atoms with E-state index in [1.807, 2.05) is 12.1 Å². The summed E-state index contributed by atoms with van der Waals surface area (Å²) in [6.45, 7) is 2.13. The Balaban J connectivity index is 1.42. The molecule has 2 aromatic rings. The highest BCUT2D eigenvalue weighted by Gasteiger charge is 2.29. The maximum Gasteiger partial charge on any atom is 0.243 e. The van der Waals surface area contributed by atoms with Crippen molar-refractivity contribution >= 4 is 31.8 Å². The van der Waals surface area contributed by atoms with Crippen LogP contribution in [0, 0.1) is 0 Å². The van der Waals surface area contributed by atoms with Gasteiger partial charge in [-0.3, -0.25) is 0 Å². The Labute approximate surface area is 156 Å². The minimum absolute atomic E-state index is 0.331. The van der Waals surface area contributed by atoms with E-state index >= 15 is 0 Å². The second-order valence-electron chi connectivity index (χ2n) is 6.44. The zero-order valence-electron chi connectivity index (χ0n) is 13.7. The van der Waals surface area contributed by atoms with Crippen LogP contribution in [-0.4, -0.2) is 49.1 Å². The number of halogens is 1. The van der Waals surface area contributed by atoms with E-state index < -0.39 is 10.0 Å². The average Bonchev–Trinajstić information content (AvgIpc) is 3.48. The van der Waals surface area contributed by atoms with Crippen LogP contribution < -0.4 is 4.90 Å².